The van der Waals surface area contributed by atoms with E-state index in [1.54, 1.807) is 0 Å². The molecule has 3 unspecified atom stereocenters. The topological polar surface area (TPSA) is 95.9 Å². The Morgan fingerprint density at radius 2 is 0.917 bits per heavy atom. The molecule has 0 spiro atoms. The van der Waals surface area contributed by atoms with E-state index in [9.17, 15) is 19.8 Å². The van der Waals surface area contributed by atoms with Crippen molar-refractivity contribution in [2.75, 3.05) is 6.61 Å². The minimum absolute atomic E-state index is 0.0586. The summed E-state index contributed by atoms with van der Waals surface area (Å²) in [4.78, 5) is 26.1. The number of unbranched alkanes of at least 4 members (excludes halogenated alkanes) is 28. The molecule has 0 saturated heterocycles. The fourth-order valence-corrected chi connectivity index (χ4v) is 7.78. The average Bonchev–Trinajstić information content (AvgIpc) is 3.24. The zero-order valence-electron chi connectivity index (χ0n) is 39.8. The van der Waals surface area contributed by atoms with Crippen molar-refractivity contribution in [2.24, 2.45) is 0 Å². The van der Waals surface area contributed by atoms with Gasteiger partial charge in [0.25, 0.3) is 0 Å². The highest BCUT2D eigenvalue weighted by atomic mass is 16.5. The fourth-order valence-electron chi connectivity index (χ4n) is 7.78. The fraction of sp³-hybridized carbons (Fsp3) is 0.815. The molecule has 0 aliphatic heterocycles. The van der Waals surface area contributed by atoms with Crippen LogP contribution in [0.3, 0.4) is 0 Å². The highest BCUT2D eigenvalue weighted by molar-refractivity contribution is 5.77. The third-order valence-corrected chi connectivity index (χ3v) is 11.7. The molecular formula is C54H99NO5. The van der Waals surface area contributed by atoms with Gasteiger partial charge in [-0.2, -0.15) is 0 Å². The Balaban J connectivity index is 4.60. The number of allylic oxidation sites excluding steroid dienone is 8. The normalized spacial score (nSPS) is 13.6. The zero-order chi connectivity index (χ0) is 43.8. The molecule has 0 aliphatic carbocycles. The van der Waals surface area contributed by atoms with Crippen molar-refractivity contribution >= 4 is 11.9 Å². The minimum atomic E-state index is -0.795. The van der Waals surface area contributed by atoms with Crippen molar-refractivity contribution in [3.05, 3.63) is 48.6 Å². The van der Waals surface area contributed by atoms with Gasteiger partial charge >= 0.3 is 5.97 Å². The predicted octanol–water partition coefficient (Wildman–Crippen LogP) is 15.5. The van der Waals surface area contributed by atoms with Gasteiger partial charge in [0.15, 0.2) is 0 Å². The molecule has 0 heterocycles. The summed E-state index contributed by atoms with van der Waals surface area (Å²) >= 11 is 0. The van der Waals surface area contributed by atoms with Crippen LogP contribution in [0.1, 0.15) is 258 Å². The van der Waals surface area contributed by atoms with Crippen LogP contribution in [0, 0.1) is 0 Å². The van der Waals surface area contributed by atoms with E-state index in [-0.39, 0.29) is 24.9 Å². The van der Waals surface area contributed by atoms with Crippen molar-refractivity contribution in [1.29, 1.82) is 0 Å². The summed E-state index contributed by atoms with van der Waals surface area (Å²) in [5.74, 6) is -0.508. The summed E-state index contributed by atoms with van der Waals surface area (Å²) in [6, 6.07) is -0.710. The summed E-state index contributed by atoms with van der Waals surface area (Å²) in [5.41, 5.74) is 0. The van der Waals surface area contributed by atoms with E-state index in [0.717, 1.165) is 89.9 Å². The molecule has 3 atom stereocenters. The standard InChI is InChI=1S/C54H99NO5/c1-4-7-10-13-16-19-22-25-28-31-34-37-40-43-46-52(57)51(49-56)55-53(58)48-50(45-42-39-36-33-30-27-24-21-18-15-12-9-6-3)60-54(59)47-44-41-38-35-32-29-26-23-20-17-14-11-8-5-2/h9,12,15,18,21,24,29,32,50-52,56-57H,4-8,10-11,13-14,16-17,19-20,22-23,25-28,30-31,33-49H2,1-3H3,(H,55,58)/b12-9+,18-15+,24-21+,32-29-. The summed E-state index contributed by atoms with van der Waals surface area (Å²) in [7, 11) is 0. The van der Waals surface area contributed by atoms with Gasteiger partial charge in [-0.3, -0.25) is 9.59 Å². The average molecular weight is 842 g/mol. The Hall–Kier alpha value is -2.18. The van der Waals surface area contributed by atoms with E-state index in [4.69, 9.17) is 4.74 Å². The lowest BCUT2D eigenvalue weighted by molar-refractivity contribution is -0.151. The van der Waals surface area contributed by atoms with Crippen LogP contribution in [0.5, 0.6) is 0 Å². The molecule has 0 aromatic rings. The Morgan fingerprint density at radius 1 is 0.500 bits per heavy atom. The van der Waals surface area contributed by atoms with Crippen molar-refractivity contribution in [2.45, 2.75) is 277 Å². The third-order valence-electron chi connectivity index (χ3n) is 11.7. The zero-order valence-corrected chi connectivity index (χ0v) is 39.8. The number of esters is 1. The second-order valence-electron chi connectivity index (χ2n) is 17.6. The van der Waals surface area contributed by atoms with Crippen LogP contribution in [0.15, 0.2) is 48.6 Å². The molecule has 0 aromatic carbocycles. The molecular weight excluding hydrogens is 743 g/mol. The van der Waals surface area contributed by atoms with Crippen LogP contribution >= 0.6 is 0 Å². The van der Waals surface area contributed by atoms with Gasteiger partial charge < -0.3 is 20.3 Å². The second-order valence-corrected chi connectivity index (χ2v) is 17.6. The number of nitrogens with one attached hydrogen (secondary N) is 1. The van der Waals surface area contributed by atoms with Gasteiger partial charge in [0.1, 0.15) is 6.10 Å². The van der Waals surface area contributed by atoms with Gasteiger partial charge in [-0.25, -0.2) is 0 Å². The Morgan fingerprint density at radius 3 is 1.40 bits per heavy atom. The van der Waals surface area contributed by atoms with Gasteiger partial charge in [0.05, 0.1) is 25.2 Å². The quantitative estimate of drug-likeness (QED) is 0.0246. The lowest BCUT2D eigenvalue weighted by Crippen LogP contribution is -2.46. The summed E-state index contributed by atoms with van der Waals surface area (Å²) in [5, 5.41) is 23.8. The van der Waals surface area contributed by atoms with E-state index in [0.29, 0.717) is 19.3 Å². The van der Waals surface area contributed by atoms with Crippen molar-refractivity contribution in [3.8, 4) is 0 Å². The highest BCUT2D eigenvalue weighted by Crippen LogP contribution is 2.18. The molecule has 6 nitrogen and oxygen atoms in total. The number of aliphatic hydroxyl groups is 2. The van der Waals surface area contributed by atoms with Gasteiger partial charge in [-0.05, 0) is 70.6 Å². The van der Waals surface area contributed by atoms with Crippen LogP contribution in [0.4, 0.5) is 0 Å². The first-order valence-corrected chi connectivity index (χ1v) is 25.9. The van der Waals surface area contributed by atoms with E-state index in [1.165, 1.54) is 122 Å². The summed E-state index contributed by atoms with van der Waals surface area (Å²) in [6.07, 6.45) is 57.4. The molecule has 0 rings (SSSR count). The van der Waals surface area contributed by atoms with Crippen LogP contribution in [0.25, 0.3) is 0 Å². The number of amides is 1. The van der Waals surface area contributed by atoms with Crippen LogP contribution in [-0.2, 0) is 14.3 Å². The number of carbonyl (C=O) groups excluding carboxylic acids is 2. The maximum Gasteiger partial charge on any atom is 0.306 e. The maximum absolute atomic E-state index is 13.2. The first-order chi connectivity index (χ1) is 29.5. The van der Waals surface area contributed by atoms with E-state index < -0.39 is 18.2 Å². The Labute approximate surface area is 372 Å². The van der Waals surface area contributed by atoms with Gasteiger partial charge in [-0.15, -0.1) is 0 Å². The molecule has 0 bridgehead atoms. The minimum Gasteiger partial charge on any atom is -0.462 e. The summed E-state index contributed by atoms with van der Waals surface area (Å²) in [6.45, 7) is 6.35. The first-order valence-electron chi connectivity index (χ1n) is 25.9. The molecule has 0 saturated carbocycles. The van der Waals surface area contributed by atoms with Crippen molar-refractivity contribution in [1.82, 2.24) is 5.32 Å². The Kier molecular flexibility index (Phi) is 46.1. The monoisotopic (exact) mass is 842 g/mol. The largest absolute Gasteiger partial charge is 0.462 e. The molecule has 3 N–H and O–H groups in total. The number of ether oxygens (including phenoxy) is 1. The number of hydrogen-bond acceptors (Lipinski definition) is 5. The maximum atomic E-state index is 13.2. The van der Waals surface area contributed by atoms with Gasteiger partial charge in [-0.1, -0.05) is 223 Å². The predicted molar refractivity (Wildman–Crippen MR) is 259 cm³/mol. The molecule has 0 aliphatic rings. The van der Waals surface area contributed by atoms with E-state index in [1.807, 2.05) is 0 Å². The second kappa shape index (κ2) is 47.9. The third kappa shape index (κ3) is 42.5. The van der Waals surface area contributed by atoms with Gasteiger partial charge in [0.2, 0.25) is 5.91 Å². The molecule has 6 heteroatoms. The molecule has 0 aromatic heterocycles. The van der Waals surface area contributed by atoms with Crippen molar-refractivity contribution in [3.63, 3.8) is 0 Å². The highest BCUT2D eigenvalue weighted by Gasteiger charge is 2.24. The van der Waals surface area contributed by atoms with Crippen molar-refractivity contribution < 1.29 is 24.5 Å². The van der Waals surface area contributed by atoms with E-state index in [2.05, 4.69) is 74.7 Å². The smallest absolute Gasteiger partial charge is 0.306 e. The SMILES string of the molecule is CC/C=C/C=C/C=C/CCCCCCCC(CC(=O)NC(CO)C(O)CCCCCCCCCCCCCCCC)OC(=O)CCCCC/C=C\CCCCCCCCC. The number of aliphatic hydroxyl groups excluding tert-OH is 2. The summed E-state index contributed by atoms with van der Waals surface area (Å²) < 4.78 is 5.92. The van der Waals surface area contributed by atoms with Crippen LogP contribution < -0.4 is 5.32 Å². The molecule has 0 radical (unpaired) electrons. The number of hydrogen-bond donors (Lipinski definition) is 3. The molecule has 0 fully saturated rings. The Bertz CT molecular complexity index is 1040. The number of rotatable bonds is 46. The van der Waals surface area contributed by atoms with Gasteiger partial charge in [0, 0.05) is 6.42 Å². The molecule has 1 amide bonds. The lowest BCUT2D eigenvalue weighted by Gasteiger charge is -2.24. The first kappa shape index (κ1) is 57.8. The van der Waals surface area contributed by atoms with E-state index >= 15 is 0 Å². The molecule has 350 valence electrons. The number of carbonyl (C=O) groups is 2. The van der Waals surface area contributed by atoms with Crippen LogP contribution in [-0.4, -0.2) is 46.9 Å². The van der Waals surface area contributed by atoms with Crippen LogP contribution in [0.2, 0.25) is 0 Å². The molecule has 60 heavy (non-hydrogen) atoms. The lowest BCUT2D eigenvalue weighted by atomic mass is 10.0.